The van der Waals surface area contributed by atoms with Crippen molar-refractivity contribution in [1.82, 2.24) is 9.62 Å². The lowest BCUT2D eigenvalue weighted by atomic mass is 10.1. The van der Waals surface area contributed by atoms with Gasteiger partial charge in [-0.1, -0.05) is 0 Å². The minimum atomic E-state index is -3.59. The van der Waals surface area contributed by atoms with Gasteiger partial charge in [0.1, 0.15) is 5.75 Å². The Labute approximate surface area is 166 Å². The maximum absolute atomic E-state index is 12.9. The molecule has 8 nitrogen and oxygen atoms in total. The second-order valence-electron chi connectivity index (χ2n) is 6.93. The number of carbonyl (C=O) groups is 1. The highest BCUT2D eigenvalue weighted by molar-refractivity contribution is 7.89. The van der Waals surface area contributed by atoms with Gasteiger partial charge in [-0.25, -0.2) is 8.42 Å². The van der Waals surface area contributed by atoms with Crippen molar-refractivity contribution < 1.29 is 27.4 Å². The molecule has 28 heavy (non-hydrogen) atoms. The molecule has 3 rings (SSSR count). The molecule has 0 saturated carbocycles. The molecule has 2 aliphatic rings. The molecule has 2 saturated heterocycles. The average Bonchev–Trinajstić information content (AvgIpc) is 3.24. The first-order chi connectivity index (χ1) is 13.5. The van der Waals surface area contributed by atoms with Crippen molar-refractivity contribution in [2.24, 2.45) is 0 Å². The van der Waals surface area contributed by atoms with Crippen LogP contribution >= 0.6 is 0 Å². The lowest BCUT2D eigenvalue weighted by Gasteiger charge is -2.26. The first-order valence-corrected chi connectivity index (χ1v) is 11.1. The summed E-state index contributed by atoms with van der Waals surface area (Å²) in [4.78, 5) is 12.4. The molecule has 2 aliphatic heterocycles. The number of nitrogens with one attached hydrogen (secondary N) is 1. The largest absolute Gasteiger partial charge is 0.496 e. The molecule has 1 unspecified atom stereocenters. The predicted octanol–water partition coefficient (Wildman–Crippen LogP) is 0.944. The average molecular weight is 413 g/mol. The second-order valence-corrected chi connectivity index (χ2v) is 8.87. The van der Waals surface area contributed by atoms with Gasteiger partial charge in [0.05, 0.1) is 31.3 Å². The minimum Gasteiger partial charge on any atom is -0.496 e. The van der Waals surface area contributed by atoms with Crippen LogP contribution in [-0.4, -0.2) is 71.3 Å². The van der Waals surface area contributed by atoms with Crippen molar-refractivity contribution in [2.45, 2.75) is 36.7 Å². The number of nitrogens with zero attached hydrogens (tertiary/aromatic N) is 1. The van der Waals surface area contributed by atoms with Gasteiger partial charge in [-0.3, -0.25) is 4.79 Å². The summed E-state index contributed by atoms with van der Waals surface area (Å²) in [5.41, 5.74) is 0.698. The molecule has 156 valence electrons. The molecule has 0 radical (unpaired) electrons. The van der Waals surface area contributed by atoms with E-state index in [0.717, 1.165) is 19.4 Å². The van der Waals surface area contributed by atoms with Crippen LogP contribution in [0.3, 0.4) is 0 Å². The van der Waals surface area contributed by atoms with E-state index >= 15 is 0 Å². The number of sulfonamides is 1. The number of aryl methyl sites for hydroxylation is 1. The molecular formula is C19H28N2O6S. The van der Waals surface area contributed by atoms with E-state index in [9.17, 15) is 13.2 Å². The maximum atomic E-state index is 12.9. The molecule has 1 aromatic carbocycles. The van der Waals surface area contributed by atoms with E-state index < -0.39 is 10.0 Å². The Hall–Kier alpha value is -1.68. The Kier molecular flexibility index (Phi) is 7.28. The van der Waals surface area contributed by atoms with Gasteiger partial charge in [-0.15, -0.1) is 0 Å². The third-order valence-electron chi connectivity index (χ3n) is 5.03. The molecular weight excluding hydrogens is 384 g/mol. The summed E-state index contributed by atoms with van der Waals surface area (Å²) in [7, 11) is -2.05. The van der Waals surface area contributed by atoms with Crippen molar-refractivity contribution >= 4 is 15.9 Å². The summed E-state index contributed by atoms with van der Waals surface area (Å²) in [5, 5.41) is 2.88. The molecule has 1 amide bonds. The van der Waals surface area contributed by atoms with E-state index in [0.29, 0.717) is 50.6 Å². The summed E-state index contributed by atoms with van der Waals surface area (Å²) in [6, 6.07) is 4.80. The van der Waals surface area contributed by atoms with Crippen molar-refractivity contribution in [3.8, 4) is 5.75 Å². The van der Waals surface area contributed by atoms with Gasteiger partial charge in [0.2, 0.25) is 15.9 Å². The Morgan fingerprint density at radius 2 is 2.07 bits per heavy atom. The van der Waals surface area contributed by atoms with Crippen LogP contribution in [0.25, 0.3) is 0 Å². The molecule has 2 fully saturated rings. The lowest BCUT2D eigenvalue weighted by molar-refractivity contribution is -0.121. The van der Waals surface area contributed by atoms with Crippen molar-refractivity contribution in [3.05, 3.63) is 23.8 Å². The number of ether oxygens (including phenoxy) is 3. The van der Waals surface area contributed by atoms with Crippen molar-refractivity contribution in [3.63, 3.8) is 0 Å². The SMILES string of the molecule is COc1ccc(S(=O)(=O)N2CCOCC2)cc1CCC(=O)NCC1CCCO1. The third-order valence-corrected chi connectivity index (χ3v) is 6.93. The highest BCUT2D eigenvalue weighted by Crippen LogP contribution is 2.26. The fraction of sp³-hybridized carbons (Fsp3) is 0.632. The maximum Gasteiger partial charge on any atom is 0.243 e. The topological polar surface area (TPSA) is 94.2 Å². The van der Waals surface area contributed by atoms with Crippen molar-refractivity contribution in [2.75, 3.05) is 46.6 Å². The molecule has 1 N–H and O–H groups in total. The molecule has 0 spiro atoms. The highest BCUT2D eigenvalue weighted by Gasteiger charge is 2.27. The van der Waals surface area contributed by atoms with Crippen molar-refractivity contribution in [1.29, 1.82) is 0 Å². The minimum absolute atomic E-state index is 0.0843. The van der Waals surface area contributed by atoms with Gasteiger partial charge in [-0.05, 0) is 43.0 Å². The van der Waals surface area contributed by atoms with Crippen LogP contribution in [0.1, 0.15) is 24.8 Å². The standard InChI is InChI=1S/C19H28N2O6S/c1-25-18-6-5-17(28(23,24)21-8-11-26-12-9-21)13-15(18)4-7-19(22)20-14-16-3-2-10-27-16/h5-6,13,16H,2-4,7-12,14H2,1H3,(H,20,22). The zero-order valence-electron chi connectivity index (χ0n) is 16.2. The molecule has 2 heterocycles. The van der Waals surface area contributed by atoms with Gasteiger partial charge < -0.3 is 19.5 Å². The van der Waals surface area contributed by atoms with E-state index in [1.54, 1.807) is 18.2 Å². The molecule has 0 aromatic heterocycles. The van der Waals surface area contributed by atoms with Crippen LogP contribution in [0, 0.1) is 0 Å². The van der Waals surface area contributed by atoms with Crippen LogP contribution in [-0.2, 0) is 30.7 Å². The van der Waals surface area contributed by atoms with Gasteiger partial charge in [0, 0.05) is 32.7 Å². The number of amides is 1. The second kappa shape index (κ2) is 9.69. The van der Waals surface area contributed by atoms with Gasteiger partial charge in [-0.2, -0.15) is 4.31 Å². The molecule has 0 bridgehead atoms. The lowest BCUT2D eigenvalue weighted by Crippen LogP contribution is -2.40. The number of carbonyl (C=O) groups excluding carboxylic acids is 1. The quantitative estimate of drug-likeness (QED) is 0.683. The zero-order chi connectivity index (χ0) is 20.0. The van der Waals surface area contributed by atoms with Crippen LogP contribution in [0.2, 0.25) is 0 Å². The predicted molar refractivity (Wildman–Crippen MR) is 103 cm³/mol. The molecule has 0 aliphatic carbocycles. The first-order valence-electron chi connectivity index (χ1n) is 9.64. The molecule has 1 aromatic rings. The Morgan fingerprint density at radius 1 is 1.29 bits per heavy atom. The van der Waals surface area contributed by atoms with E-state index in [-0.39, 0.29) is 23.3 Å². The zero-order valence-corrected chi connectivity index (χ0v) is 17.0. The molecule has 9 heteroatoms. The van der Waals surface area contributed by atoms with Gasteiger partial charge >= 0.3 is 0 Å². The number of hydrogen-bond donors (Lipinski definition) is 1. The normalized spacial score (nSPS) is 20.8. The summed E-state index contributed by atoms with van der Waals surface area (Å²) in [6.07, 6.45) is 2.75. The number of morpholine rings is 1. The Bertz CT molecular complexity index is 771. The van der Waals surface area contributed by atoms with Crippen LogP contribution in [0.15, 0.2) is 23.1 Å². The Morgan fingerprint density at radius 3 is 2.75 bits per heavy atom. The van der Waals surface area contributed by atoms with E-state index in [2.05, 4.69) is 5.32 Å². The van der Waals surface area contributed by atoms with Crippen LogP contribution in [0.4, 0.5) is 0 Å². The monoisotopic (exact) mass is 412 g/mol. The first kappa shape index (κ1) is 21.0. The van der Waals surface area contributed by atoms with E-state index in [1.807, 2.05) is 0 Å². The fourth-order valence-corrected chi connectivity index (χ4v) is 4.88. The smallest absolute Gasteiger partial charge is 0.243 e. The third kappa shape index (κ3) is 5.22. The van der Waals surface area contributed by atoms with Gasteiger partial charge in [0.15, 0.2) is 0 Å². The summed E-state index contributed by atoms with van der Waals surface area (Å²) in [5.74, 6) is 0.492. The Balaban J connectivity index is 1.64. The van der Waals surface area contributed by atoms with Crippen LogP contribution < -0.4 is 10.1 Å². The number of rotatable bonds is 8. The highest BCUT2D eigenvalue weighted by atomic mass is 32.2. The fourth-order valence-electron chi connectivity index (χ4n) is 3.42. The number of hydrogen-bond acceptors (Lipinski definition) is 6. The summed E-state index contributed by atoms with van der Waals surface area (Å²) < 4.78 is 43.2. The number of benzene rings is 1. The van der Waals surface area contributed by atoms with Crippen LogP contribution in [0.5, 0.6) is 5.75 Å². The van der Waals surface area contributed by atoms with E-state index in [1.165, 1.54) is 11.4 Å². The summed E-state index contributed by atoms with van der Waals surface area (Å²) >= 11 is 0. The number of methoxy groups -OCH3 is 1. The molecule has 1 atom stereocenters. The van der Waals surface area contributed by atoms with E-state index in [4.69, 9.17) is 14.2 Å². The summed E-state index contributed by atoms with van der Waals surface area (Å²) in [6.45, 7) is 2.74. The van der Waals surface area contributed by atoms with Gasteiger partial charge in [0.25, 0.3) is 0 Å².